The Morgan fingerprint density at radius 3 is 2.42 bits per heavy atom. The molecule has 1 saturated carbocycles. The smallest absolute Gasteiger partial charge is 0.177 e. The van der Waals surface area contributed by atoms with Gasteiger partial charge in [0.2, 0.25) is 0 Å². The topological polar surface area (TPSA) is 55.6 Å². The molecule has 0 spiro atoms. The second-order valence-corrected chi connectivity index (χ2v) is 10.9. The van der Waals surface area contributed by atoms with Crippen molar-refractivity contribution in [1.29, 1.82) is 0 Å². The Morgan fingerprint density at radius 1 is 1.03 bits per heavy atom. The van der Waals surface area contributed by atoms with Gasteiger partial charge in [0, 0.05) is 10.0 Å². The Bertz CT molecular complexity index is 1140. The first kappa shape index (κ1) is 24.1. The van der Waals surface area contributed by atoms with Crippen LogP contribution >= 0.6 is 34.8 Å². The molecular weight excluding hydrogens is 477 g/mol. The van der Waals surface area contributed by atoms with Crippen LogP contribution in [0.2, 0.25) is 15.1 Å². The Kier molecular flexibility index (Phi) is 7.04. The quantitative estimate of drug-likeness (QED) is 0.372. The van der Waals surface area contributed by atoms with Crippen molar-refractivity contribution in [1.82, 2.24) is 20.2 Å². The van der Waals surface area contributed by atoms with Crippen LogP contribution in [0.25, 0.3) is 6.08 Å². The van der Waals surface area contributed by atoms with E-state index in [0.717, 1.165) is 42.8 Å². The SMILES string of the molecule is CC(C)(C)C(/C=C/c1ccc(Cl)cc1Cl)n1nnnc1C1(Nc2ccccc2Cl)CCCC1. The number of hydrogen-bond acceptors (Lipinski definition) is 4. The average molecular weight is 505 g/mol. The molecule has 0 amide bonds. The standard InChI is InChI=1S/C25H28Cl3N5/c1-24(2,3)22(13-11-17-10-12-18(26)16-20(17)28)33-23(30-31-32-33)25(14-6-7-15-25)29-21-9-5-4-8-19(21)27/h4-5,8-13,16,22,29H,6-7,14-15H2,1-3H3/b13-11+. The zero-order valence-electron chi connectivity index (χ0n) is 19.0. The molecule has 1 heterocycles. The van der Waals surface area contributed by atoms with E-state index >= 15 is 0 Å². The molecule has 5 nitrogen and oxygen atoms in total. The van der Waals surface area contributed by atoms with Crippen molar-refractivity contribution in [3.8, 4) is 0 Å². The Hall–Kier alpha value is -2.08. The fourth-order valence-electron chi connectivity index (χ4n) is 4.47. The van der Waals surface area contributed by atoms with Crippen LogP contribution in [0.5, 0.6) is 0 Å². The lowest BCUT2D eigenvalue weighted by Gasteiger charge is -2.35. The van der Waals surface area contributed by atoms with Crippen LogP contribution in [0, 0.1) is 5.41 Å². The highest BCUT2D eigenvalue weighted by molar-refractivity contribution is 6.35. The van der Waals surface area contributed by atoms with E-state index in [9.17, 15) is 0 Å². The second kappa shape index (κ2) is 9.65. The zero-order valence-corrected chi connectivity index (χ0v) is 21.3. The molecule has 33 heavy (non-hydrogen) atoms. The highest BCUT2D eigenvalue weighted by Crippen LogP contribution is 2.44. The number of hydrogen-bond donors (Lipinski definition) is 1. The molecule has 0 bridgehead atoms. The maximum atomic E-state index is 6.49. The minimum Gasteiger partial charge on any atom is -0.371 e. The summed E-state index contributed by atoms with van der Waals surface area (Å²) in [6, 6.07) is 13.2. The van der Waals surface area contributed by atoms with Gasteiger partial charge in [0.15, 0.2) is 5.82 Å². The summed E-state index contributed by atoms with van der Waals surface area (Å²) in [6.45, 7) is 6.54. The van der Waals surface area contributed by atoms with Crippen molar-refractivity contribution < 1.29 is 0 Å². The molecule has 1 aromatic heterocycles. The van der Waals surface area contributed by atoms with Gasteiger partial charge in [-0.15, -0.1) is 5.10 Å². The van der Waals surface area contributed by atoms with Gasteiger partial charge in [0.1, 0.15) is 0 Å². The van der Waals surface area contributed by atoms with Crippen molar-refractivity contribution in [3.63, 3.8) is 0 Å². The third-order valence-corrected chi connectivity index (χ3v) is 7.09. The number of anilines is 1. The first-order chi connectivity index (χ1) is 15.7. The molecule has 8 heteroatoms. The van der Waals surface area contributed by atoms with Gasteiger partial charge in [-0.05, 0) is 58.5 Å². The molecule has 0 radical (unpaired) electrons. The first-order valence-corrected chi connectivity index (χ1v) is 12.3. The molecule has 1 unspecified atom stereocenters. The molecule has 1 N–H and O–H groups in total. The van der Waals surface area contributed by atoms with Crippen LogP contribution in [0.4, 0.5) is 5.69 Å². The first-order valence-electron chi connectivity index (χ1n) is 11.1. The number of para-hydroxylation sites is 1. The average Bonchev–Trinajstić information content (AvgIpc) is 3.41. The van der Waals surface area contributed by atoms with Gasteiger partial charge in [0.05, 0.1) is 22.3 Å². The number of tetrazole rings is 1. The Morgan fingerprint density at radius 2 is 1.76 bits per heavy atom. The van der Waals surface area contributed by atoms with Gasteiger partial charge in [-0.3, -0.25) is 0 Å². The number of benzene rings is 2. The molecule has 3 aromatic rings. The summed E-state index contributed by atoms with van der Waals surface area (Å²) in [5, 5.41) is 18.7. The molecule has 0 aliphatic heterocycles. The van der Waals surface area contributed by atoms with Crippen LogP contribution < -0.4 is 5.32 Å². The monoisotopic (exact) mass is 503 g/mol. The fraction of sp³-hybridized carbons (Fsp3) is 0.400. The Labute approximate surface area is 210 Å². The van der Waals surface area contributed by atoms with Crippen molar-refractivity contribution >= 4 is 46.6 Å². The van der Waals surface area contributed by atoms with E-state index in [1.54, 1.807) is 6.07 Å². The van der Waals surface area contributed by atoms with E-state index in [4.69, 9.17) is 34.8 Å². The van der Waals surface area contributed by atoms with Gasteiger partial charge in [-0.1, -0.05) is 98.8 Å². The molecule has 1 fully saturated rings. The van der Waals surface area contributed by atoms with Crippen LogP contribution in [0.15, 0.2) is 48.5 Å². The predicted octanol–water partition coefficient (Wildman–Crippen LogP) is 7.82. The number of nitrogens with one attached hydrogen (secondary N) is 1. The van der Waals surface area contributed by atoms with Crippen LogP contribution in [-0.4, -0.2) is 20.2 Å². The summed E-state index contributed by atoms with van der Waals surface area (Å²) in [7, 11) is 0. The number of rotatable bonds is 6. The zero-order chi connectivity index (χ0) is 23.6. The summed E-state index contributed by atoms with van der Waals surface area (Å²) < 4.78 is 1.95. The van der Waals surface area contributed by atoms with Gasteiger partial charge in [-0.2, -0.15) is 0 Å². The lowest BCUT2D eigenvalue weighted by atomic mass is 9.85. The lowest BCUT2D eigenvalue weighted by Crippen LogP contribution is -2.38. The molecular formula is C25H28Cl3N5. The summed E-state index contributed by atoms with van der Waals surface area (Å²) in [5.41, 5.74) is 1.26. The van der Waals surface area contributed by atoms with Crippen molar-refractivity contribution in [2.45, 2.75) is 58.0 Å². The van der Waals surface area contributed by atoms with Crippen LogP contribution in [-0.2, 0) is 5.54 Å². The summed E-state index contributed by atoms with van der Waals surface area (Å²) in [6.07, 6.45) is 8.20. The molecule has 0 saturated heterocycles. The largest absolute Gasteiger partial charge is 0.371 e. The Balaban J connectivity index is 1.74. The van der Waals surface area contributed by atoms with E-state index in [-0.39, 0.29) is 17.0 Å². The van der Waals surface area contributed by atoms with Crippen molar-refractivity contribution in [3.05, 3.63) is 75.0 Å². The number of halogens is 3. The maximum Gasteiger partial charge on any atom is 0.177 e. The normalized spacial score (nSPS) is 16.9. The number of aromatic nitrogens is 4. The minimum absolute atomic E-state index is 0.0974. The number of nitrogens with zero attached hydrogens (tertiary/aromatic N) is 4. The summed E-state index contributed by atoms with van der Waals surface area (Å²) in [5.74, 6) is 0.826. The van der Waals surface area contributed by atoms with Crippen LogP contribution in [0.3, 0.4) is 0 Å². The van der Waals surface area contributed by atoms with Gasteiger partial charge in [0.25, 0.3) is 0 Å². The van der Waals surface area contributed by atoms with E-state index in [1.807, 2.05) is 47.2 Å². The van der Waals surface area contributed by atoms with Crippen molar-refractivity contribution in [2.75, 3.05) is 5.32 Å². The molecule has 2 aromatic carbocycles. The molecule has 174 valence electrons. The third kappa shape index (κ3) is 5.21. The van der Waals surface area contributed by atoms with Gasteiger partial charge >= 0.3 is 0 Å². The van der Waals surface area contributed by atoms with E-state index in [2.05, 4.69) is 47.7 Å². The molecule has 1 aliphatic rings. The highest BCUT2D eigenvalue weighted by atomic mass is 35.5. The highest BCUT2D eigenvalue weighted by Gasteiger charge is 2.43. The number of allylic oxidation sites excluding steroid dienone is 1. The second-order valence-electron chi connectivity index (χ2n) is 9.68. The molecule has 4 rings (SSSR count). The third-order valence-electron chi connectivity index (χ3n) is 6.20. The fourth-order valence-corrected chi connectivity index (χ4v) is 5.12. The predicted molar refractivity (Wildman–Crippen MR) is 137 cm³/mol. The maximum absolute atomic E-state index is 6.49. The molecule has 1 atom stereocenters. The van der Waals surface area contributed by atoms with Gasteiger partial charge < -0.3 is 5.32 Å². The van der Waals surface area contributed by atoms with Crippen molar-refractivity contribution in [2.24, 2.45) is 5.41 Å². The summed E-state index contributed by atoms with van der Waals surface area (Å²) >= 11 is 19.0. The van der Waals surface area contributed by atoms with Gasteiger partial charge in [-0.25, -0.2) is 4.68 Å². The molecule has 1 aliphatic carbocycles. The van der Waals surface area contributed by atoms with E-state index < -0.39 is 0 Å². The van der Waals surface area contributed by atoms with E-state index in [1.165, 1.54) is 0 Å². The van der Waals surface area contributed by atoms with E-state index in [0.29, 0.717) is 15.1 Å². The van der Waals surface area contributed by atoms with Crippen LogP contribution in [0.1, 0.15) is 63.9 Å². The minimum atomic E-state index is -0.385. The lowest BCUT2D eigenvalue weighted by molar-refractivity contribution is 0.254. The summed E-state index contributed by atoms with van der Waals surface area (Å²) in [4.78, 5) is 0.